The van der Waals surface area contributed by atoms with Gasteiger partial charge in [-0.05, 0) is 132 Å². The highest BCUT2D eigenvalue weighted by molar-refractivity contribution is 7.98. The monoisotopic (exact) mass is 1030 g/mol. The molecule has 74 heavy (non-hydrogen) atoms. The lowest BCUT2D eigenvalue weighted by molar-refractivity contribution is 0.0839. The number of anilines is 2. The Morgan fingerprint density at radius 3 is 1.47 bits per heavy atom. The highest BCUT2D eigenvalue weighted by atomic mass is 32.2. The third kappa shape index (κ3) is 15.9. The molecule has 13 heteroatoms. The van der Waals surface area contributed by atoms with Gasteiger partial charge in [-0.1, -0.05) is 121 Å². The fourth-order valence-corrected chi connectivity index (χ4v) is 9.85. The number of carbonyl (C=O) groups is 3. The summed E-state index contributed by atoms with van der Waals surface area (Å²) >= 11 is 3.50. The van der Waals surface area contributed by atoms with Gasteiger partial charge in [0.2, 0.25) is 0 Å². The third-order valence-corrected chi connectivity index (χ3v) is 14.4. The Morgan fingerprint density at radius 2 is 0.986 bits per heavy atom. The van der Waals surface area contributed by atoms with Gasteiger partial charge in [-0.3, -0.25) is 14.5 Å². The molecule has 0 unspecified atom stereocenters. The van der Waals surface area contributed by atoms with Crippen molar-refractivity contribution < 1.29 is 33.0 Å². The van der Waals surface area contributed by atoms with Crippen LogP contribution >= 0.6 is 23.5 Å². The van der Waals surface area contributed by atoms with Crippen LogP contribution in [0.3, 0.4) is 0 Å². The van der Waals surface area contributed by atoms with E-state index in [9.17, 15) is 28.3 Å². The summed E-state index contributed by atoms with van der Waals surface area (Å²) in [6, 6.07) is 65.7. The van der Waals surface area contributed by atoms with Crippen LogP contribution in [0.15, 0.2) is 228 Å². The van der Waals surface area contributed by atoms with Gasteiger partial charge in [-0.25, -0.2) is 13.6 Å². The quantitative estimate of drug-likeness (QED) is 0.0557. The molecule has 0 bridgehead atoms. The van der Waals surface area contributed by atoms with E-state index in [-0.39, 0.29) is 18.4 Å². The fourth-order valence-electron chi connectivity index (χ4n) is 8.14. The molecule has 376 valence electrons. The molecule has 0 spiro atoms. The van der Waals surface area contributed by atoms with Crippen LogP contribution in [-0.4, -0.2) is 60.4 Å². The van der Waals surface area contributed by atoms with E-state index < -0.39 is 42.0 Å². The summed E-state index contributed by atoms with van der Waals surface area (Å²) in [5, 5.41) is 20.2. The van der Waals surface area contributed by atoms with Crippen LogP contribution in [0, 0.1) is 11.6 Å². The molecule has 0 aliphatic carbocycles. The van der Waals surface area contributed by atoms with E-state index in [4.69, 9.17) is 4.74 Å². The number of amides is 3. The lowest BCUT2D eigenvalue weighted by Gasteiger charge is -2.25. The standard InChI is InChI=1S/C31H27FN2O3S.C30H29FN2O2S/c32-25-13-11-24(12-14-25)30(35)33-28(19-22-7-3-1-4-8-22)29-20-34(31(36)37-29)26-15-17-27(18-16-26)38-21-23-9-5-2-6-10-23;31-25-13-11-24(12-14-25)30(35)33-28(19-22-7-3-1-4-8-22)29(34)20-32-26-15-17-27(18-16-26)36-21-23-9-5-2-6-10-23/h1-18,28-29H,19-21H2,(H,33,35);1-18,28-29,32,34H,19-21H2,(H,33,35)/t2*28-,29+/m00/s1. The molecule has 0 radical (unpaired) electrons. The zero-order chi connectivity index (χ0) is 51.5. The predicted molar refractivity (Wildman–Crippen MR) is 293 cm³/mol. The number of halogens is 2. The van der Waals surface area contributed by atoms with Crippen molar-refractivity contribution in [2.75, 3.05) is 23.3 Å². The van der Waals surface area contributed by atoms with E-state index in [0.717, 1.165) is 38.9 Å². The summed E-state index contributed by atoms with van der Waals surface area (Å²) in [6.07, 6.45) is -0.907. The van der Waals surface area contributed by atoms with Gasteiger partial charge in [0.25, 0.3) is 11.8 Å². The maximum Gasteiger partial charge on any atom is 0.414 e. The summed E-state index contributed by atoms with van der Waals surface area (Å²) in [6.45, 7) is 0.564. The molecule has 4 atom stereocenters. The number of cyclic esters (lactones) is 1. The van der Waals surface area contributed by atoms with Crippen LogP contribution in [0.2, 0.25) is 0 Å². The van der Waals surface area contributed by atoms with Crippen molar-refractivity contribution in [1.82, 2.24) is 10.6 Å². The first kappa shape index (κ1) is 52.6. The number of nitrogens with one attached hydrogen (secondary N) is 3. The molecule has 1 saturated heterocycles. The second kappa shape index (κ2) is 26.8. The minimum absolute atomic E-state index is 0.262. The summed E-state index contributed by atoms with van der Waals surface area (Å²) in [4.78, 5) is 42.5. The zero-order valence-electron chi connectivity index (χ0n) is 40.4. The third-order valence-electron chi connectivity index (χ3n) is 12.2. The van der Waals surface area contributed by atoms with Gasteiger partial charge < -0.3 is 25.8 Å². The van der Waals surface area contributed by atoms with E-state index in [1.807, 2.05) is 133 Å². The topological polar surface area (TPSA) is 120 Å². The molecular formula is C61H56F2N4O5S2. The number of ether oxygens (including phenoxy) is 1. The lowest BCUT2D eigenvalue weighted by Crippen LogP contribution is -2.47. The molecular weight excluding hydrogens is 971 g/mol. The first-order valence-electron chi connectivity index (χ1n) is 24.3. The molecule has 1 aliphatic heterocycles. The molecule has 3 amide bonds. The molecule has 4 N–H and O–H groups in total. The van der Waals surface area contributed by atoms with Gasteiger partial charge in [0.05, 0.1) is 24.7 Å². The minimum atomic E-state index is -0.846. The van der Waals surface area contributed by atoms with Crippen molar-refractivity contribution in [2.45, 2.75) is 58.4 Å². The molecule has 9 nitrogen and oxygen atoms in total. The molecule has 9 rings (SSSR count). The molecule has 8 aromatic rings. The van der Waals surface area contributed by atoms with E-state index >= 15 is 0 Å². The van der Waals surface area contributed by atoms with Crippen molar-refractivity contribution in [3.05, 3.63) is 263 Å². The number of carbonyl (C=O) groups excluding carboxylic acids is 3. The molecule has 8 aromatic carbocycles. The van der Waals surface area contributed by atoms with Crippen molar-refractivity contribution in [2.24, 2.45) is 0 Å². The van der Waals surface area contributed by atoms with Crippen molar-refractivity contribution >= 4 is 52.8 Å². The number of benzene rings is 8. The van der Waals surface area contributed by atoms with E-state index in [2.05, 4.69) is 52.3 Å². The molecule has 1 fully saturated rings. The van der Waals surface area contributed by atoms with Gasteiger partial charge in [0, 0.05) is 50.3 Å². The first-order valence-corrected chi connectivity index (χ1v) is 26.2. The summed E-state index contributed by atoms with van der Waals surface area (Å²) < 4.78 is 32.4. The molecule has 0 saturated carbocycles. The smallest absolute Gasteiger partial charge is 0.414 e. The summed E-state index contributed by atoms with van der Waals surface area (Å²) in [5.74, 6) is 0.257. The Balaban J connectivity index is 0.000000197. The summed E-state index contributed by atoms with van der Waals surface area (Å²) in [7, 11) is 0. The maximum absolute atomic E-state index is 13.3. The highest BCUT2D eigenvalue weighted by Crippen LogP contribution is 2.29. The zero-order valence-corrected chi connectivity index (χ0v) is 42.1. The SMILES string of the molecule is O=C(N[C@@H](Cc1ccccc1)[C@H](O)CNc1ccc(SCc2ccccc2)cc1)c1ccc(F)cc1.O=C(N[C@@H](Cc1ccccc1)[C@H]1CN(c2ccc(SCc3ccccc3)cc2)C(=O)O1)c1ccc(F)cc1. The van der Waals surface area contributed by atoms with Gasteiger partial charge >= 0.3 is 6.09 Å². The van der Waals surface area contributed by atoms with Crippen LogP contribution in [0.5, 0.6) is 0 Å². The van der Waals surface area contributed by atoms with E-state index in [0.29, 0.717) is 30.5 Å². The van der Waals surface area contributed by atoms with Gasteiger partial charge in [-0.15, -0.1) is 23.5 Å². The summed E-state index contributed by atoms with van der Waals surface area (Å²) in [5.41, 5.74) is 6.85. The number of nitrogens with zero attached hydrogens (tertiary/aromatic N) is 1. The second-order valence-corrected chi connectivity index (χ2v) is 19.7. The molecule has 0 aromatic heterocycles. The fraction of sp³-hybridized carbons (Fsp3) is 0.164. The Kier molecular flexibility index (Phi) is 19.1. The lowest BCUT2D eigenvalue weighted by atomic mass is 10.0. The average Bonchev–Trinajstić information content (AvgIpc) is 3.84. The average molecular weight is 1030 g/mol. The van der Waals surface area contributed by atoms with Gasteiger partial charge in [0.15, 0.2) is 0 Å². The van der Waals surface area contributed by atoms with Crippen molar-refractivity contribution in [3.63, 3.8) is 0 Å². The Labute approximate surface area is 439 Å². The maximum atomic E-state index is 13.3. The number of aliphatic hydroxyl groups excluding tert-OH is 1. The van der Waals surface area contributed by atoms with E-state index in [1.54, 1.807) is 28.4 Å². The predicted octanol–water partition coefficient (Wildman–Crippen LogP) is 12.4. The van der Waals surface area contributed by atoms with E-state index in [1.165, 1.54) is 64.6 Å². The highest BCUT2D eigenvalue weighted by Gasteiger charge is 2.38. The molecule has 1 aliphatic rings. The minimum Gasteiger partial charge on any atom is -0.442 e. The van der Waals surface area contributed by atoms with Crippen LogP contribution in [0.1, 0.15) is 43.0 Å². The van der Waals surface area contributed by atoms with Gasteiger partial charge in [-0.2, -0.15) is 0 Å². The second-order valence-electron chi connectivity index (χ2n) is 17.6. The largest absolute Gasteiger partial charge is 0.442 e. The number of hydrogen-bond acceptors (Lipinski definition) is 8. The van der Waals surface area contributed by atoms with Crippen LogP contribution in [0.4, 0.5) is 25.0 Å². The number of thioether (sulfide) groups is 2. The number of hydrogen-bond donors (Lipinski definition) is 4. The Bertz CT molecular complexity index is 3000. The number of aliphatic hydroxyl groups is 1. The van der Waals surface area contributed by atoms with Crippen LogP contribution in [-0.2, 0) is 29.1 Å². The first-order chi connectivity index (χ1) is 36.1. The van der Waals surface area contributed by atoms with Gasteiger partial charge in [0.1, 0.15) is 17.7 Å². The Hall–Kier alpha value is -7.71. The van der Waals surface area contributed by atoms with Crippen molar-refractivity contribution in [1.29, 1.82) is 0 Å². The van der Waals surface area contributed by atoms with Crippen molar-refractivity contribution in [3.8, 4) is 0 Å². The Morgan fingerprint density at radius 1 is 0.554 bits per heavy atom. The molecule has 1 heterocycles. The van der Waals surface area contributed by atoms with Crippen LogP contribution in [0.25, 0.3) is 0 Å². The number of rotatable bonds is 20. The van der Waals surface area contributed by atoms with Crippen LogP contribution < -0.4 is 20.9 Å². The normalized spacial score (nSPS) is 14.1.